The molecule has 2 aromatic rings. The molecule has 2 rings (SSSR count). The monoisotopic (exact) mass is 235 g/mol. The third-order valence-electron chi connectivity index (χ3n) is 2.11. The zero-order valence-electron chi connectivity index (χ0n) is 8.50. The highest BCUT2D eigenvalue weighted by Crippen LogP contribution is 2.37. The number of fused-ring (bicyclic) bond motifs is 1. The molecule has 16 heavy (non-hydrogen) atoms. The number of nitriles is 1. The summed E-state index contributed by atoms with van der Waals surface area (Å²) < 4.78 is 0.520. The molecule has 0 bridgehead atoms. The van der Waals surface area contributed by atoms with Crippen LogP contribution in [0.25, 0.3) is 10.2 Å². The van der Waals surface area contributed by atoms with Crippen molar-refractivity contribution in [3.8, 4) is 11.8 Å². The van der Waals surface area contributed by atoms with E-state index in [2.05, 4.69) is 10.3 Å². The summed E-state index contributed by atoms with van der Waals surface area (Å²) in [5.74, 6) is -0.0931. The Labute approximate surface area is 95.0 Å². The Morgan fingerprint density at radius 3 is 3.06 bits per heavy atom. The largest absolute Gasteiger partial charge is 0.506 e. The number of aromatic nitrogens is 1. The van der Waals surface area contributed by atoms with E-state index >= 15 is 0 Å². The Bertz CT molecular complexity index is 636. The van der Waals surface area contributed by atoms with Crippen LogP contribution in [0.1, 0.15) is 12.5 Å². The first-order valence-electron chi connectivity index (χ1n) is 4.70. The Hall–Kier alpha value is -2.00. The fourth-order valence-corrected chi connectivity index (χ4v) is 2.56. The zero-order chi connectivity index (χ0) is 11.7. The molecule has 0 aliphatic rings. The summed E-state index contributed by atoms with van der Waals surface area (Å²) in [6.07, 6.45) is 0. The van der Waals surface area contributed by atoms with E-state index in [1.165, 1.54) is 11.3 Å². The number of nitrogens with zero attached hydrogens (tertiary/aromatic N) is 1. The predicted molar refractivity (Wildman–Crippen MR) is 63.0 cm³/mol. The number of nitrogens with one attached hydrogen (secondary N) is 2. The first kappa shape index (κ1) is 10.5. The fourth-order valence-electron chi connectivity index (χ4n) is 1.47. The second kappa shape index (κ2) is 3.87. The van der Waals surface area contributed by atoms with Gasteiger partial charge in [0.05, 0.1) is 10.2 Å². The molecule has 82 valence electrons. The highest BCUT2D eigenvalue weighted by molar-refractivity contribution is 7.23. The van der Waals surface area contributed by atoms with Crippen LogP contribution in [0.5, 0.6) is 5.75 Å². The lowest BCUT2D eigenvalue weighted by atomic mass is 10.2. The van der Waals surface area contributed by atoms with Gasteiger partial charge in [0.2, 0.25) is 0 Å². The predicted octanol–water partition coefficient (Wildman–Crippen LogP) is 1.60. The molecular weight excluding hydrogens is 226 g/mol. The minimum absolute atomic E-state index is 0.0931. The molecule has 2 heterocycles. The molecule has 0 spiro atoms. The van der Waals surface area contributed by atoms with Crippen molar-refractivity contribution in [2.75, 3.05) is 11.9 Å². The van der Waals surface area contributed by atoms with Crippen LogP contribution in [0.2, 0.25) is 0 Å². The second-order valence-electron chi connectivity index (χ2n) is 3.17. The molecule has 0 amide bonds. The maximum Gasteiger partial charge on any atom is 0.252 e. The number of aromatic hydroxyl groups is 1. The topological polar surface area (TPSA) is 88.9 Å². The highest BCUT2D eigenvalue weighted by Gasteiger charge is 2.15. The lowest BCUT2D eigenvalue weighted by molar-refractivity contribution is 0.481. The van der Waals surface area contributed by atoms with Gasteiger partial charge in [-0.2, -0.15) is 5.26 Å². The van der Waals surface area contributed by atoms with Crippen LogP contribution in [-0.4, -0.2) is 16.6 Å². The summed E-state index contributed by atoms with van der Waals surface area (Å²) in [4.78, 5) is 13.8. The average molecular weight is 235 g/mol. The van der Waals surface area contributed by atoms with Gasteiger partial charge < -0.3 is 15.4 Å². The Morgan fingerprint density at radius 2 is 2.44 bits per heavy atom. The van der Waals surface area contributed by atoms with Crippen molar-refractivity contribution in [2.24, 2.45) is 0 Å². The summed E-state index contributed by atoms with van der Waals surface area (Å²) in [6, 6.07) is 3.13. The molecule has 3 N–H and O–H groups in total. The van der Waals surface area contributed by atoms with Gasteiger partial charge in [-0.05, 0) is 6.92 Å². The number of aromatic amines is 1. The smallest absolute Gasteiger partial charge is 0.252 e. The SMILES string of the molecule is CCNc1sc2c(O)cc(=O)[nH]c2c1C#N. The van der Waals surface area contributed by atoms with Gasteiger partial charge >= 0.3 is 0 Å². The van der Waals surface area contributed by atoms with Crippen molar-refractivity contribution in [3.63, 3.8) is 0 Å². The molecule has 0 aliphatic heterocycles. The molecule has 2 aromatic heterocycles. The van der Waals surface area contributed by atoms with Gasteiger partial charge in [0.25, 0.3) is 5.56 Å². The van der Waals surface area contributed by atoms with Crippen LogP contribution < -0.4 is 10.9 Å². The Balaban J connectivity index is 2.83. The van der Waals surface area contributed by atoms with Crippen molar-refractivity contribution in [2.45, 2.75) is 6.92 Å². The first-order valence-corrected chi connectivity index (χ1v) is 5.51. The summed E-state index contributed by atoms with van der Waals surface area (Å²) in [7, 11) is 0. The van der Waals surface area contributed by atoms with Crippen LogP contribution in [0, 0.1) is 11.3 Å². The summed E-state index contributed by atoms with van der Waals surface area (Å²) in [5.41, 5.74) is 0.352. The van der Waals surface area contributed by atoms with Gasteiger partial charge in [-0.3, -0.25) is 4.79 Å². The molecule has 0 aromatic carbocycles. The number of hydrogen-bond donors (Lipinski definition) is 3. The molecule has 6 heteroatoms. The fraction of sp³-hybridized carbons (Fsp3) is 0.200. The van der Waals surface area contributed by atoms with Crippen LogP contribution in [0.4, 0.5) is 5.00 Å². The van der Waals surface area contributed by atoms with E-state index in [1.54, 1.807) is 0 Å². The van der Waals surface area contributed by atoms with E-state index < -0.39 is 5.56 Å². The van der Waals surface area contributed by atoms with Crippen molar-refractivity contribution in [3.05, 3.63) is 22.0 Å². The lowest BCUT2D eigenvalue weighted by Gasteiger charge is -1.96. The molecule has 0 saturated carbocycles. The maximum atomic E-state index is 11.2. The van der Waals surface area contributed by atoms with Gasteiger partial charge in [0.1, 0.15) is 22.4 Å². The van der Waals surface area contributed by atoms with E-state index in [9.17, 15) is 9.90 Å². The second-order valence-corrected chi connectivity index (χ2v) is 4.19. The minimum atomic E-state index is -0.414. The first-order chi connectivity index (χ1) is 7.67. The third kappa shape index (κ3) is 1.51. The van der Waals surface area contributed by atoms with E-state index in [1.807, 2.05) is 13.0 Å². The van der Waals surface area contributed by atoms with Gasteiger partial charge in [-0.1, -0.05) is 0 Å². The summed E-state index contributed by atoms with van der Waals surface area (Å²) >= 11 is 1.25. The quantitative estimate of drug-likeness (QED) is 0.737. The van der Waals surface area contributed by atoms with Crippen molar-refractivity contribution < 1.29 is 5.11 Å². The van der Waals surface area contributed by atoms with Gasteiger partial charge in [-0.15, -0.1) is 11.3 Å². The molecule has 0 saturated heterocycles. The van der Waals surface area contributed by atoms with Crippen molar-refractivity contribution >= 4 is 26.6 Å². The summed E-state index contributed by atoms with van der Waals surface area (Å²) in [6.45, 7) is 2.58. The van der Waals surface area contributed by atoms with E-state index in [0.717, 1.165) is 6.07 Å². The third-order valence-corrected chi connectivity index (χ3v) is 3.28. The van der Waals surface area contributed by atoms with Gasteiger partial charge in [0.15, 0.2) is 0 Å². The van der Waals surface area contributed by atoms with Crippen LogP contribution in [0.3, 0.4) is 0 Å². The molecule has 0 unspecified atom stereocenters. The number of anilines is 1. The zero-order valence-corrected chi connectivity index (χ0v) is 9.31. The standard InChI is InChI=1S/C10H9N3O2S/c1-2-12-10-5(4-11)8-9(16-10)6(14)3-7(15)13-8/h3,12H,2H2,1H3,(H2,13,14,15). The van der Waals surface area contributed by atoms with Gasteiger partial charge in [0, 0.05) is 12.6 Å². The normalized spacial score (nSPS) is 10.2. The van der Waals surface area contributed by atoms with Crippen LogP contribution in [-0.2, 0) is 0 Å². The molecule has 0 atom stereocenters. The van der Waals surface area contributed by atoms with E-state index in [4.69, 9.17) is 5.26 Å². The number of hydrogen-bond acceptors (Lipinski definition) is 5. The number of H-pyrrole nitrogens is 1. The number of rotatable bonds is 2. The minimum Gasteiger partial charge on any atom is -0.506 e. The van der Waals surface area contributed by atoms with Crippen molar-refractivity contribution in [1.29, 1.82) is 5.26 Å². The summed E-state index contributed by atoms with van der Waals surface area (Å²) in [5, 5.41) is 22.3. The molecule has 0 fully saturated rings. The maximum absolute atomic E-state index is 11.2. The van der Waals surface area contributed by atoms with Crippen LogP contribution >= 0.6 is 11.3 Å². The molecular formula is C10H9N3O2S. The molecule has 5 nitrogen and oxygen atoms in total. The Kier molecular flexibility index (Phi) is 2.54. The van der Waals surface area contributed by atoms with Crippen LogP contribution in [0.15, 0.2) is 10.9 Å². The molecule has 0 radical (unpaired) electrons. The Morgan fingerprint density at radius 1 is 1.69 bits per heavy atom. The van der Waals surface area contributed by atoms with E-state index in [-0.39, 0.29) is 5.75 Å². The number of thiophene rings is 1. The van der Waals surface area contributed by atoms with Crippen molar-refractivity contribution in [1.82, 2.24) is 4.98 Å². The average Bonchev–Trinajstić information content (AvgIpc) is 2.56. The van der Waals surface area contributed by atoms with Gasteiger partial charge in [-0.25, -0.2) is 0 Å². The number of pyridine rings is 1. The van der Waals surface area contributed by atoms with E-state index in [0.29, 0.717) is 27.3 Å². The lowest BCUT2D eigenvalue weighted by Crippen LogP contribution is -2.02. The highest BCUT2D eigenvalue weighted by atomic mass is 32.1. The molecule has 0 aliphatic carbocycles.